The van der Waals surface area contributed by atoms with Crippen LogP contribution < -0.4 is 14.5 Å². The summed E-state index contributed by atoms with van der Waals surface area (Å²) >= 11 is 1.81. The number of piperazine rings is 1. The van der Waals surface area contributed by atoms with Gasteiger partial charge in [0.2, 0.25) is 5.91 Å². The summed E-state index contributed by atoms with van der Waals surface area (Å²) in [6, 6.07) is 14.8. The third-order valence-corrected chi connectivity index (χ3v) is 9.55. The number of carbonyl (C=O) groups excluding carboxylic acids is 2. The van der Waals surface area contributed by atoms with Crippen LogP contribution in [-0.2, 0) is 20.7 Å². The van der Waals surface area contributed by atoms with Gasteiger partial charge in [0, 0.05) is 60.9 Å². The molecule has 1 saturated heterocycles. The molecular formula is C35H47N3O4S. The average molecular weight is 606 g/mol. The Bertz CT molecular complexity index is 1330. The molecule has 5 rings (SSSR count). The first kappa shape index (κ1) is 31.3. The molecule has 2 aliphatic heterocycles. The van der Waals surface area contributed by atoms with Crippen molar-refractivity contribution in [1.82, 2.24) is 4.90 Å². The summed E-state index contributed by atoms with van der Waals surface area (Å²) in [7, 11) is 0. The van der Waals surface area contributed by atoms with Crippen LogP contribution in [0.3, 0.4) is 0 Å². The number of unbranched alkanes of at least 4 members (excludes halogenated alkanes) is 6. The standard InChI is InChI=1S/C35H47N3O4S/c1-2-3-4-5-6-7-13-35(40)42-27-38-32-26-29(16-14-28(32)15-17-34(38)39)41-24-9-8-19-36-20-22-37(23-21-36)31-11-10-12-33-30(31)18-25-43-33/h10-12,14,16,18,25-26H,2-9,13,15,17,19-24,27H2,1H3. The van der Waals surface area contributed by atoms with E-state index in [9.17, 15) is 9.59 Å². The van der Waals surface area contributed by atoms with E-state index in [1.807, 2.05) is 29.5 Å². The molecule has 3 heterocycles. The van der Waals surface area contributed by atoms with Crippen LogP contribution in [0.25, 0.3) is 10.1 Å². The van der Waals surface area contributed by atoms with Crippen LogP contribution in [-0.4, -0.2) is 62.8 Å². The molecule has 0 radical (unpaired) electrons. The quantitative estimate of drug-likeness (QED) is 0.125. The van der Waals surface area contributed by atoms with E-state index in [-0.39, 0.29) is 18.6 Å². The Labute approximate surface area is 260 Å². The highest BCUT2D eigenvalue weighted by molar-refractivity contribution is 7.17. The molecular weight excluding hydrogens is 558 g/mol. The smallest absolute Gasteiger partial charge is 0.307 e. The van der Waals surface area contributed by atoms with Gasteiger partial charge in [0.1, 0.15) is 5.75 Å². The number of hydrogen-bond donors (Lipinski definition) is 0. The van der Waals surface area contributed by atoms with Gasteiger partial charge in [-0.25, -0.2) is 0 Å². The predicted molar refractivity (Wildman–Crippen MR) is 176 cm³/mol. The van der Waals surface area contributed by atoms with Gasteiger partial charge >= 0.3 is 5.97 Å². The molecule has 0 spiro atoms. The lowest BCUT2D eigenvalue weighted by Crippen LogP contribution is -2.46. The van der Waals surface area contributed by atoms with E-state index in [4.69, 9.17) is 9.47 Å². The molecule has 0 bridgehead atoms. The van der Waals surface area contributed by atoms with Gasteiger partial charge in [-0.3, -0.25) is 19.4 Å². The first-order chi connectivity index (χ1) is 21.1. The van der Waals surface area contributed by atoms with E-state index in [0.717, 1.165) is 81.8 Å². The van der Waals surface area contributed by atoms with Crippen LogP contribution in [0.4, 0.5) is 11.4 Å². The number of amides is 1. The number of ether oxygens (including phenoxy) is 2. The first-order valence-corrected chi connectivity index (χ1v) is 17.2. The predicted octanol–water partition coefficient (Wildman–Crippen LogP) is 7.41. The lowest BCUT2D eigenvalue weighted by Gasteiger charge is -2.36. The van der Waals surface area contributed by atoms with Crippen LogP contribution in [0.5, 0.6) is 5.75 Å². The maximum atomic E-state index is 12.7. The minimum atomic E-state index is -0.232. The van der Waals surface area contributed by atoms with Crippen LogP contribution in [0.1, 0.15) is 76.7 Å². The van der Waals surface area contributed by atoms with Gasteiger partial charge in [-0.05, 0) is 67.4 Å². The van der Waals surface area contributed by atoms with E-state index in [1.54, 1.807) is 4.90 Å². The lowest BCUT2D eigenvalue weighted by atomic mass is 10.0. The number of nitrogens with zero attached hydrogens (tertiary/aromatic N) is 3. The van der Waals surface area contributed by atoms with Crippen LogP contribution in [0.15, 0.2) is 47.8 Å². The molecule has 7 nitrogen and oxygen atoms in total. The Morgan fingerprint density at radius 3 is 2.58 bits per heavy atom. The second kappa shape index (κ2) is 16.1. The molecule has 0 aliphatic carbocycles. The summed E-state index contributed by atoms with van der Waals surface area (Å²) in [5.41, 5.74) is 3.26. The largest absolute Gasteiger partial charge is 0.494 e. The molecule has 0 atom stereocenters. The fourth-order valence-electron chi connectivity index (χ4n) is 6.10. The Kier molecular flexibility index (Phi) is 11.7. The summed E-state index contributed by atoms with van der Waals surface area (Å²) in [4.78, 5) is 31.7. The van der Waals surface area contributed by atoms with Gasteiger partial charge in [0.15, 0.2) is 6.73 Å². The van der Waals surface area contributed by atoms with Gasteiger partial charge in [-0.15, -0.1) is 11.3 Å². The van der Waals surface area contributed by atoms with E-state index in [2.05, 4.69) is 46.4 Å². The summed E-state index contributed by atoms with van der Waals surface area (Å²) < 4.78 is 13.0. The maximum absolute atomic E-state index is 12.7. The topological polar surface area (TPSA) is 62.3 Å². The first-order valence-electron chi connectivity index (χ1n) is 16.3. The van der Waals surface area contributed by atoms with Crippen molar-refractivity contribution < 1.29 is 19.1 Å². The highest BCUT2D eigenvalue weighted by atomic mass is 32.1. The molecule has 2 aliphatic rings. The number of rotatable bonds is 16. The molecule has 3 aromatic rings. The molecule has 2 aromatic carbocycles. The Balaban J connectivity index is 1.01. The lowest BCUT2D eigenvalue weighted by molar-refractivity contribution is -0.144. The summed E-state index contributed by atoms with van der Waals surface area (Å²) in [5, 5.41) is 3.55. The monoisotopic (exact) mass is 605 g/mol. The molecule has 8 heteroatoms. The minimum absolute atomic E-state index is 0.0101. The van der Waals surface area contributed by atoms with Crippen LogP contribution in [0, 0.1) is 0 Å². The highest BCUT2D eigenvalue weighted by Gasteiger charge is 2.26. The van der Waals surface area contributed by atoms with Crippen molar-refractivity contribution in [3.63, 3.8) is 0 Å². The number of carbonyl (C=O) groups is 2. The number of anilines is 2. The van der Waals surface area contributed by atoms with Crippen molar-refractivity contribution in [2.75, 3.05) is 55.9 Å². The average Bonchev–Trinajstić information content (AvgIpc) is 3.52. The van der Waals surface area contributed by atoms with Crippen molar-refractivity contribution in [3.05, 3.63) is 53.4 Å². The Morgan fingerprint density at radius 2 is 1.72 bits per heavy atom. The normalized spacial score (nSPS) is 15.6. The molecule has 1 amide bonds. The van der Waals surface area contributed by atoms with E-state index >= 15 is 0 Å². The number of hydrogen-bond acceptors (Lipinski definition) is 7. The molecule has 1 aromatic heterocycles. The zero-order valence-corrected chi connectivity index (χ0v) is 26.5. The van der Waals surface area contributed by atoms with Crippen molar-refractivity contribution in [1.29, 1.82) is 0 Å². The number of benzene rings is 2. The summed E-state index contributed by atoms with van der Waals surface area (Å²) in [5.74, 6) is 0.515. The number of fused-ring (bicyclic) bond motifs is 2. The molecule has 43 heavy (non-hydrogen) atoms. The fraction of sp³-hybridized carbons (Fsp3) is 0.543. The zero-order chi connectivity index (χ0) is 29.9. The van der Waals surface area contributed by atoms with E-state index < -0.39 is 0 Å². The van der Waals surface area contributed by atoms with Crippen LogP contribution in [0.2, 0.25) is 0 Å². The van der Waals surface area contributed by atoms with Gasteiger partial charge < -0.3 is 14.4 Å². The van der Waals surface area contributed by atoms with Gasteiger partial charge in [-0.1, -0.05) is 51.2 Å². The third-order valence-electron chi connectivity index (χ3n) is 8.67. The SMILES string of the molecule is CCCCCCCCC(=O)OCN1C(=O)CCc2ccc(OCCCCN3CCN(c4cccc5sccc45)CC3)cc21. The molecule has 0 N–H and O–H groups in total. The Hall–Kier alpha value is -3.10. The van der Waals surface area contributed by atoms with Gasteiger partial charge in [0.05, 0.1) is 12.3 Å². The zero-order valence-electron chi connectivity index (χ0n) is 25.7. The van der Waals surface area contributed by atoms with Crippen molar-refractivity contribution in [3.8, 4) is 5.75 Å². The second-order valence-corrected chi connectivity index (χ2v) is 12.7. The molecule has 1 fully saturated rings. The van der Waals surface area contributed by atoms with Crippen molar-refractivity contribution >= 4 is 44.7 Å². The number of esters is 1. The van der Waals surface area contributed by atoms with E-state index in [1.165, 1.54) is 35.0 Å². The number of aryl methyl sites for hydroxylation is 1. The van der Waals surface area contributed by atoms with Crippen molar-refractivity contribution in [2.24, 2.45) is 0 Å². The third kappa shape index (κ3) is 8.73. The molecule has 232 valence electrons. The van der Waals surface area contributed by atoms with Crippen LogP contribution >= 0.6 is 11.3 Å². The van der Waals surface area contributed by atoms with E-state index in [0.29, 0.717) is 25.9 Å². The van der Waals surface area contributed by atoms with Gasteiger partial charge in [0.25, 0.3) is 0 Å². The summed E-state index contributed by atoms with van der Waals surface area (Å²) in [6.45, 7) is 8.17. The Morgan fingerprint density at radius 1 is 0.884 bits per heavy atom. The second-order valence-electron chi connectivity index (χ2n) is 11.8. The van der Waals surface area contributed by atoms with Gasteiger partial charge in [-0.2, -0.15) is 0 Å². The fourth-order valence-corrected chi connectivity index (χ4v) is 6.91. The van der Waals surface area contributed by atoms with Crippen molar-refractivity contribution in [2.45, 2.75) is 77.6 Å². The maximum Gasteiger partial charge on any atom is 0.307 e. The summed E-state index contributed by atoms with van der Waals surface area (Å²) in [6.07, 6.45) is 10.3. The number of thiophene rings is 1. The minimum Gasteiger partial charge on any atom is -0.494 e. The molecule has 0 unspecified atom stereocenters. The highest BCUT2D eigenvalue weighted by Crippen LogP contribution is 2.33. The molecule has 0 saturated carbocycles.